The van der Waals surface area contributed by atoms with Gasteiger partial charge in [-0.25, -0.2) is 0 Å². The molecule has 0 radical (unpaired) electrons. The minimum atomic E-state index is -3.81. The van der Waals surface area contributed by atoms with Crippen molar-refractivity contribution in [3.8, 4) is 23.0 Å². The first kappa shape index (κ1) is 24.6. The van der Waals surface area contributed by atoms with Crippen LogP contribution in [-0.2, 0) is 21.5 Å². The zero-order valence-electron chi connectivity index (χ0n) is 19.2. The maximum Gasteiger partial charge on any atom is 0.282 e. The minimum absolute atomic E-state index is 0.199. The molecule has 0 aliphatic carbocycles. The summed E-state index contributed by atoms with van der Waals surface area (Å²) < 4.78 is 49.9. The van der Waals surface area contributed by atoms with Crippen LogP contribution in [0.1, 0.15) is 12.0 Å². The van der Waals surface area contributed by atoms with Gasteiger partial charge in [0, 0.05) is 37.5 Å². The van der Waals surface area contributed by atoms with Crippen LogP contribution in [0.2, 0.25) is 0 Å². The van der Waals surface area contributed by atoms with Crippen LogP contribution < -0.4 is 24.3 Å². The van der Waals surface area contributed by atoms with Gasteiger partial charge in [0.25, 0.3) is 10.2 Å². The summed E-state index contributed by atoms with van der Waals surface area (Å²) in [4.78, 5) is 12.7. The maximum absolute atomic E-state index is 13.1. The third-order valence-corrected chi connectivity index (χ3v) is 7.16. The SMILES string of the molecule is COc1cccc(CN2CCCN(CC(=O)Nc3cc(OC)c(OC)c(OC)c3)S2(=O)=O)c1. The smallest absolute Gasteiger partial charge is 0.282 e. The second kappa shape index (κ2) is 10.7. The molecule has 0 bridgehead atoms. The Morgan fingerprint density at radius 1 is 0.939 bits per heavy atom. The van der Waals surface area contributed by atoms with Crippen LogP contribution in [0.5, 0.6) is 23.0 Å². The van der Waals surface area contributed by atoms with Crippen molar-refractivity contribution in [1.29, 1.82) is 0 Å². The number of amides is 1. The predicted octanol–water partition coefficient (Wildman–Crippen LogP) is 2.11. The lowest BCUT2D eigenvalue weighted by atomic mass is 10.2. The number of carbonyl (C=O) groups is 1. The van der Waals surface area contributed by atoms with Crippen LogP contribution in [0, 0.1) is 0 Å². The van der Waals surface area contributed by atoms with E-state index in [1.165, 1.54) is 29.9 Å². The zero-order chi connectivity index (χ0) is 24.0. The van der Waals surface area contributed by atoms with E-state index in [-0.39, 0.29) is 19.6 Å². The fourth-order valence-corrected chi connectivity index (χ4v) is 5.27. The molecule has 0 atom stereocenters. The lowest BCUT2D eigenvalue weighted by molar-refractivity contribution is -0.116. The van der Waals surface area contributed by atoms with Crippen molar-refractivity contribution in [2.75, 3.05) is 53.4 Å². The monoisotopic (exact) mass is 479 g/mol. The molecular formula is C22H29N3O7S. The van der Waals surface area contributed by atoms with Crippen LogP contribution >= 0.6 is 0 Å². The van der Waals surface area contributed by atoms with Crippen LogP contribution in [0.4, 0.5) is 5.69 Å². The van der Waals surface area contributed by atoms with Crippen molar-refractivity contribution in [2.45, 2.75) is 13.0 Å². The molecule has 1 heterocycles. The van der Waals surface area contributed by atoms with Gasteiger partial charge in [-0.3, -0.25) is 4.79 Å². The van der Waals surface area contributed by atoms with E-state index in [2.05, 4.69) is 5.32 Å². The third kappa shape index (κ3) is 5.67. The lowest BCUT2D eigenvalue weighted by Gasteiger charge is -2.34. The molecule has 0 aromatic heterocycles. The van der Waals surface area contributed by atoms with E-state index in [4.69, 9.17) is 18.9 Å². The van der Waals surface area contributed by atoms with E-state index in [0.717, 1.165) is 5.56 Å². The van der Waals surface area contributed by atoms with Gasteiger partial charge in [-0.15, -0.1) is 0 Å². The van der Waals surface area contributed by atoms with Gasteiger partial charge in [-0.1, -0.05) is 12.1 Å². The number of benzene rings is 2. The van der Waals surface area contributed by atoms with E-state index >= 15 is 0 Å². The zero-order valence-corrected chi connectivity index (χ0v) is 20.0. The van der Waals surface area contributed by atoms with Crippen molar-refractivity contribution in [1.82, 2.24) is 8.61 Å². The number of methoxy groups -OCH3 is 4. The van der Waals surface area contributed by atoms with Gasteiger partial charge in [0.1, 0.15) is 5.75 Å². The van der Waals surface area contributed by atoms with E-state index < -0.39 is 16.1 Å². The molecule has 3 rings (SSSR count). The summed E-state index contributed by atoms with van der Waals surface area (Å²) in [6.45, 7) is 0.530. The van der Waals surface area contributed by atoms with Gasteiger partial charge in [0.15, 0.2) is 11.5 Å². The highest BCUT2D eigenvalue weighted by atomic mass is 32.2. The first-order valence-corrected chi connectivity index (χ1v) is 11.7. The van der Waals surface area contributed by atoms with Gasteiger partial charge in [0.2, 0.25) is 11.7 Å². The van der Waals surface area contributed by atoms with Crippen molar-refractivity contribution < 1.29 is 32.2 Å². The quantitative estimate of drug-likeness (QED) is 0.587. The van der Waals surface area contributed by atoms with Gasteiger partial charge >= 0.3 is 0 Å². The number of rotatable bonds is 9. The predicted molar refractivity (Wildman–Crippen MR) is 123 cm³/mol. The summed E-state index contributed by atoms with van der Waals surface area (Å²) in [6, 6.07) is 10.4. The first-order valence-electron chi connectivity index (χ1n) is 10.3. The molecule has 10 nitrogen and oxygen atoms in total. The van der Waals surface area contributed by atoms with Crippen molar-refractivity contribution in [3.05, 3.63) is 42.0 Å². The van der Waals surface area contributed by atoms with Crippen molar-refractivity contribution >= 4 is 21.8 Å². The van der Waals surface area contributed by atoms with E-state index in [1.807, 2.05) is 12.1 Å². The summed E-state index contributed by atoms with van der Waals surface area (Å²) in [5, 5.41) is 2.71. The molecule has 1 N–H and O–H groups in total. The molecule has 1 aliphatic rings. The molecule has 1 fully saturated rings. The Morgan fingerprint density at radius 2 is 1.61 bits per heavy atom. The van der Waals surface area contributed by atoms with Crippen LogP contribution in [0.25, 0.3) is 0 Å². The Morgan fingerprint density at radius 3 is 2.21 bits per heavy atom. The summed E-state index contributed by atoms with van der Waals surface area (Å²) in [5.74, 6) is 1.33. The van der Waals surface area contributed by atoms with Gasteiger partial charge in [0.05, 0.1) is 35.0 Å². The fourth-order valence-electron chi connectivity index (χ4n) is 3.63. The Bertz CT molecular complexity index is 1070. The largest absolute Gasteiger partial charge is 0.497 e. The topological polar surface area (TPSA) is 107 Å². The molecule has 1 amide bonds. The molecular weight excluding hydrogens is 450 g/mol. The van der Waals surface area contributed by atoms with Crippen molar-refractivity contribution in [2.24, 2.45) is 0 Å². The molecule has 1 aliphatic heterocycles. The van der Waals surface area contributed by atoms with Crippen LogP contribution in [0.3, 0.4) is 0 Å². The normalized spacial score (nSPS) is 16.1. The molecule has 0 unspecified atom stereocenters. The maximum atomic E-state index is 13.1. The highest BCUT2D eigenvalue weighted by Gasteiger charge is 2.34. The fraction of sp³-hybridized carbons (Fsp3) is 0.409. The van der Waals surface area contributed by atoms with Crippen LogP contribution in [0.15, 0.2) is 36.4 Å². The summed E-state index contributed by atoms with van der Waals surface area (Å²) >= 11 is 0. The highest BCUT2D eigenvalue weighted by molar-refractivity contribution is 7.86. The molecule has 1 saturated heterocycles. The molecule has 33 heavy (non-hydrogen) atoms. The number of nitrogens with zero attached hydrogens (tertiary/aromatic N) is 2. The standard InChI is InChI=1S/C22H29N3O7S/c1-29-18-8-5-7-16(11-18)14-24-9-6-10-25(33(24,27)28)15-21(26)23-17-12-19(30-2)22(32-4)20(13-17)31-3/h5,7-8,11-13H,6,9-10,14-15H2,1-4H3,(H,23,26). The number of anilines is 1. The first-order chi connectivity index (χ1) is 15.8. The van der Waals surface area contributed by atoms with Gasteiger partial charge < -0.3 is 24.3 Å². The second-order valence-corrected chi connectivity index (χ2v) is 9.27. The Labute approximate surface area is 194 Å². The summed E-state index contributed by atoms with van der Waals surface area (Å²) in [7, 11) is 2.18. The molecule has 180 valence electrons. The average Bonchev–Trinajstić information content (AvgIpc) is 2.81. The number of hydrogen-bond acceptors (Lipinski definition) is 7. The molecule has 0 saturated carbocycles. The average molecular weight is 480 g/mol. The van der Waals surface area contributed by atoms with E-state index in [1.54, 1.807) is 31.4 Å². The Kier molecular flexibility index (Phi) is 8.01. The number of carbonyl (C=O) groups excluding carboxylic acids is 1. The summed E-state index contributed by atoms with van der Waals surface area (Å²) in [6.07, 6.45) is 0.612. The highest BCUT2D eigenvalue weighted by Crippen LogP contribution is 2.39. The van der Waals surface area contributed by atoms with Crippen molar-refractivity contribution in [3.63, 3.8) is 0 Å². The number of hydrogen-bond donors (Lipinski definition) is 1. The van der Waals surface area contributed by atoms with E-state index in [0.29, 0.717) is 41.7 Å². The number of ether oxygens (including phenoxy) is 4. The van der Waals surface area contributed by atoms with Gasteiger partial charge in [-0.05, 0) is 24.1 Å². The van der Waals surface area contributed by atoms with E-state index in [9.17, 15) is 13.2 Å². The third-order valence-electron chi connectivity index (χ3n) is 5.23. The Hall–Kier alpha value is -3.02. The lowest BCUT2D eigenvalue weighted by Crippen LogP contribution is -2.51. The summed E-state index contributed by atoms with van der Waals surface area (Å²) in [5.41, 5.74) is 1.21. The molecule has 11 heteroatoms. The molecule has 0 spiro atoms. The van der Waals surface area contributed by atoms with Gasteiger partial charge in [-0.2, -0.15) is 17.0 Å². The minimum Gasteiger partial charge on any atom is -0.497 e. The van der Waals surface area contributed by atoms with Crippen LogP contribution in [-0.4, -0.2) is 71.0 Å². The number of nitrogens with one attached hydrogen (secondary N) is 1. The molecule has 2 aromatic rings. The second-order valence-electron chi connectivity index (χ2n) is 7.34. The Balaban J connectivity index is 1.71. The molecule has 2 aromatic carbocycles.